The van der Waals surface area contributed by atoms with Gasteiger partial charge < -0.3 is 10.1 Å². The van der Waals surface area contributed by atoms with Gasteiger partial charge in [0.1, 0.15) is 5.82 Å². The maximum Gasteiger partial charge on any atom is 0.338 e. The summed E-state index contributed by atoms with van der Waals surface area (Å²) >= 11 is 0. The van der Waals surface area contributed by atoms with E-state index in [0.717, 1.165) is 0 Å². The Bertz CT molecular complexity index is 962. The van der Waals surface area contributed by atoms with Gasteiger partial charge in [0.15, 0.2) is 0 Å². The van der Waals surface area contributed by atoms with Gasteiger partial charge in [-0.15, -0.1) is 0 Å². The Kier molecular flexibility index (Phi) is 5.59. The van der Waals surface area contributed by atoms with E-state index in [-0.39, 0.29) is 11.4 Å². The Balaban J connectivity index is 1.99. The average Bonchev–Trinajstić information content (AvgIpc) is 2.67. The summed E-state index contributed by atoms with van der Waals surface area (Å²) in [5, 5.41) is 3.16. The van der Waals surface area contributed by atoms with E-state index in [1.807, 2.05) is 0 Å². The number of sulfonamides is 1. The molecule has 1 aliphatic rings. The third kappa shape index (κ3) is 3.87. The zero-order chi connectivity index (χ0) is 19.6. The standard InChI is InChI=1S/C19H21FN2O4S/c1-13-10-16(6-7-17(13)19(23)26-2)27(24,25)22-9-8-21-12-18(22)14-4-3-5-15(20)11-14/h3-7,10-11,18,21H,8-9,12H2,1-2H3. The zero-order valence-corrected chi connectivity index (χ0v) is 15.9. The number of carbonyl (C=O) groups excluding carboxylic acids is 1. The van der Waals surface area contributed by atoms with E-state index in [0.29, 0.717) is 29.8 Å². The lowest BCUT2D eigenvalue weighted by molar-refractivity contribution is 0.0599. The number of carbonyl (C=O) groups is 1. The first-order chi connectivity index (χ1) is 12.8. The van der Waals surface area contributed by atoms with Crippen molar-refractivity contribution in [1.82, 2.24) is 9.62 Å². The van der Waals surface area contributed by atoms with Crippen LogP contribution in [0, 0.1) is 12.7 Å². The molecule has 3 rings (SSSR count). The predicted octanol–water partition coefficient (Wildman–Crippen LogP) is 2.26. The van der Waals surface area contributed by atoms with E-state index in [4.69, 9.17) is 4.74 Å². The first-order valence-corrected chi connectivity index (χ1v) is 9.95. The topological polar surface area (TPSA) is 75.7 Å². The van der Waals surface area contributed by atoms with Crippen LogP contribution in [0.5, 0.6) is 0 Å². The first-order valence-electron chi connectivity index (χ1n) is 8.51. The molecule has 0 aliphatic carbocycles. The number of ether oxygens (including phenoxy) is 1. The van der Waals surface area contributed by atoms with Crippen molar-refractivity contribution >= 4 is 16.0 Å². The van der Waals surface area contributed by atoms with Crippen molar-refractivity contribution in [2.75, 3.05) is 26.7 Å². The zero-order valence-electron chi connectivity index (χ0n) is 15.1. The minimum absolute atomic E-state index is 0.0935. The number of aryl methyl sites for hydroxylation is 1. The van der Waals surface area contributed by atoms with E-state index >= 15 is 0 Å². The van der Waals surface area contributed by atoms with Gasteiger partial charge in [-0.05, 0) is 48.4 Å². The maximum absolute atomic E-state index is 13.6. The summed E-state index contributed by atoms with van der Waals surface area (Å²) in [4.78, 5) is 11.8. The van der Waals surface area contributed by atoms with Gasteiger partial charge in [-0.3, -0.25) is 0 Å². The molecule has 1 unspecified atom stereocenters. The number of benzene rings is 2. The first kappa shape index (κ1) is 19.5. The normalized spacial score (nSPS) is 18.3. The second-order valence-corrected chi connectivity index (χ2v) is 8.25. The van der Waals surface area contributed by atoms with Gasteiger partial charge in [0.05, 0.1) is 23.6 Å². The van der Waals surface area contributed by atoms with Crippen LogP contribution >= 0.6 is 0 Å². The molecule has 1 aliphatic heterocycles. The average molecular weight is 392 g/mol. The number of halogens is 1. The summed E-state index contributed by atoms with van der Waals surface area (Å²) in [7, 11) is -2.55. The molecule has 0 amide bonds. The van der Waals surface area contributed by atoms with Crippen LogP contribution in [-0.2, 0) is 14.8 Å². The minimum atomic E-state index is -3.83. The third-order valence-electron chi connectivity index (χ3n) is 4.64. The van der Waals surface area contributed by atoms with E-state index < -0.39 is 27.9 Å². The largest absolute Gasteiger partial charge is 0.465 e. The highest BCUT2D eigenvalue weighted by atomic mass is 32.2. The van der Waals surface area contributed by atoms with Crippen LogP contribution in [0.2, 0.25) is 0 Å². The Morgan fingerprint density at radius 3 is 2.70 bits per heavy atom. The fraction of sp³-hybridized carbons (Fsp3) is 0.316. The summed E-state index contributed by atoms with van der Waals surface area (Å²) < 4.78 is 46.2. The van der Waals surface area contributed by atoms with Crippen LogP contribution in [0.25, 0.3) is 0 Å². The van der Waals surface area contributed by atoms with Crippen LogP contribution in [0.3, 0.4) is 0 Å². The molecule has 27 heavy (non-hydrogen) atoms. The molecule has 0 spiro atoms. The molecule has 0 aromatic heterocycles. The molecule has 1 heterocycles. The molecule has 0 bridgehead atoms. The quantitative estimate of drug-likeness (QED) is 0.808. The molecule has 1 fully saturated rings. The van der Waals surface area contributed by atoms with Gasteiger partial charge in [-0.1, -0.05) is 12.1 Å². The molecule has 1 N–H and O–H groups in total. The molecular formula is C19H21FN2O4S. The van der Waals surface area contributed by atoms with Gasteiger partial charge in [0, 0.05) is 19.6 Å². The Morgan fingerprint density at radius 2 is 2.04 bits per heavy atom. The van der Waals surface area contributed by atoms with E-state index in [1.54, 1.807) is 19.1 Å². The number of nitrogens with one attached hydrogen (secondary N) is 1. The fourth-order valence-electron chi connectivity index (χ4n) is 3.24. The van der Waals surface area contributed by atoms with Crippen LogP contribution in [-0.4, -0.2) is 45.4 Å². The van der Waals surface area contributed by atoms with Gasteiger partial charge in [-0.25, -0.2) is 17.6 Å². The molecule has 0 radical (unpaired) electrons. The van der Waals surface area contributed by atoms with Crippen molar-refractivity contribution in [3.05, 3.63) is 65.0 Å². The molecule has 8 heteroatoms. The number of rotatable bonds is 4. The molecule has 0 saturated carbocycles. The summed E-state index contributed by atoms with van der Waals surface area (Å²) in [6, 6.07) is 9.77. The summed E-state index contributed by atoms with van der Waals surface area (Å²) in [5.41, 5.74) is 1.42. The smallest absolute Gasteiger partial charge is 0.338 e. The van der Waals surface area contributed by atoms with Gasteiger partial charge in [0.2, 0.25) is 10.0 Å². The number of nitrogens with zero attached hydrogens (tertiary/aromatic N) is 1. The summed E-state index contributed by atoms with van der Waals surface area (Å²) in [6.45, 7) is 2.82. The molecule has 144 valence electrons. The van der Waals surface area contributed by atoms with Gasteiger partial charge in [-0.2, -0.15) is 4.31 Å². The molecule has 2 aromatic rings. The van der Waals surface area contributed by atoms with Crippen LogP contribution in [0.1, 0.15) is 27.5 Å². The highest BCUT2D eigenvalue weighted by molar-refractivity contribution is 7.89. The van der Waals surface area contributed by atoms with Crippen molar-refractivity contribution in [1.29, 1.82) is 0 Å². The van der Waals surface area contributed by atoms with Crippen LogP contribution in [0.15, 0.2) is 47.4 Å². The number of piperazine rings is 1. The second-order valence-electron chi connectivity index (χ2n) is 6.36. The van der Waals surface area contributed by atoms with Gasteiger partial charge in [0.25, 0.3) is 0 Å². The lowest BCUT2D eigenvalue weighted by Gasteiger charge is -2.35. The molecule has 1 saturated heterocycles. The van der Waals surface area contributed by atoms with Crippen LogP contribution in [0.4, 0.5) is 4.39 Å². The SMILES string of the molecule is COC(=O)c1ccc(S(=O)(=O)N2CCNCC2c2cccc(F)c2)cc1C. The fourth-order valence-corrected chi connectivity index (χ4v) is 4.94. The van der Waals surface area contributed by atoms with E-state index in [1.165, 1.54) is 41.7 Å². The second kappa shape index (κ2) is 7.75. The van der Waals surface area contributed by atoms with Crippen molar-refractivity contribution in [3.63, 3.8) is 0 Å². The molecule has 2 aromatic carbocycles. The van der Waals surface area contributed by atoms with Crippen LogP contribution < -0.4 is 5.32 Å². The number of hydrogen-bond acceptors (Lipinski definition) is 5. The van der Waals surface area contributed by atoms with Crippen molar-refractivity contribution < 1.29 is 22.3 Å². The van der Waals surface area contributed by atoms with Crippen molar-refractivity contribution in [2.24, 2.45) is 0 Å². The summed E-state index contributed by atoms with van der Waals surface area (Å²) in [6.07, 6.45) is 0. The van der Waals surface area contributed by atoms with E-state index in [9.17, 15) is 17.6 Å². The number of esters is 1. The monoisotopic (exact) mass is 392 g/mol. The Hall–Kier alpha value is -2.29. The lowest BCUT2D eigenvalue weighted by atomic mass is 10.1. The van der Waals surface area contributed by atoms with Crippen molar-refractivity contribution in [2.45, 2.75) is 17.9 Å². The number of hydrogen-bond donors (Lipinski definition) is 1. The third-order valence-corrected chi connectivity index (χ3v) is 6.54. The number of methoxy groups -OCH3 is 1. The Labute approximate surface area is 158 Å². The lowest BCUT2D eigenvalue weighted by Crippen LogP contribution is -2.48. The maximum atomic E-state index is 13.6. The summed E-state index contributed by atoms with van der Waals surface area (Å²) in [5.74, 6) is -0.926. The van der Waals surface area contributed by atoms with Crippen molar-refractivity contribution in [3.8, 4) is 0 Å². The van der Waals surface area contributed by atoms with E-state index in [2.05, 4.69) is 5.32 Å². The van der Waals surface area contributed by atoms with Gasteiger partial charge >= 0.3 is 5.97 Å². The Morgan fingerprint density at radius 1 is 1.26 bits per heavy atom. The minimum Gasteiger partial charge on any atom is -0.465 e. The molecule has 1 atom stereocenters. The predicted molar refractivity (Wildman–Crippen MR) is 98.4 cm³/mol. The highest BCUT2D eigenvalue weighted by Crippen LogP contribution is 2.30. The molecular weight excluding hydrogens is 371 g/mol. The molecule has 6 nitrogen and oxygen atoms in total. The highest BCUT2D eigenvalue weighted by Gasteiger charge is 2.34.